The molecule has 5 nitrogen and oxygen atoms in total. The Balaban J connectivity index is 2.49. The van der Waals surface area contributed by atoms with Crippen LogP contribution in [0.1, 0.15) is 25.5 Å². The minimum Gasteiger partial charge on any atom is -0.480 e. The predicted molar refractivity (Wildman–Crippen MR) is 76.4 cm³/mol. The van der Waals surface area contributed by atoms with Crippen LogP contribution in [0.2, 0.25) is 5.15 Å². The van der Waals surface area contributed by atoms with Gasteiger partial charge in [0.15, 0.2) is 5.82 Å². The van der Waals surface area contributed by atoms with Gasteiger partial charge in [0.1, 0.15) is 10.8 Å². The Hall–Kier alpha value is -1.27. The number of hydrogen-bond donors (Lipinski definition) is 0. The lowest BCUT2D eigenvalue weighted by molar-refractivity contribution is 0.392. The van der Waals surface area contributed by atoms with E-state index in [0.717, 1.165) is 10.2 Å². The van der Waals surface area contributed by atoms with E-state index in [4.69, 9.17) is 16.3 Å². The molecule has 0 aromatic carbocycles. The van der Waals surface area contributed by atoms with E-state index in [9.17, 15) is 0 Å². The van der Waals surface area contributed by atoms with Gasteiger partial charge in [-0.15, -0.1) is 10.2 Å². The average Bonchev–Trinajstić information content (AvgIpc) is 2.41. The number of hydrogen-bond acceptors (Lipinski definition) is 5. The molecule has 0 aliphatic heterocycles. The molecule has 0 spiro atoms. The lowest BCUT2D eigenvalue weighted by Gasteiger charge is -2.10. The Morgan fingerprint density at radius 2 is 1.95 bits per heavy atom. The van der Waals surface area contributed by atoms with E-state index >= 15 is 0 Å². The molecule has 100 valence electrons. The fourth-order valence-electron chi connectivity index (χ4n) is 1.48. The van der Waals surface area contributed by atoms with E-state index in [1.165, 1.54) is 7.11 Å². The van der Waals surface area contributed by atoms with Crippen LogP contribution in [-0.4, -0.2) is 27.3 Å². The highest BCUT2D eigenvalue weighted by atomic mass is 79.9. The van der Waals surface area contributed by atoms with Gasteiger partial charge in [-0.25, -0.2) is 9.97 Å². The van der Waals surface area contributed by atoms with Crippen LogP contribution >= 0.6 is 27.5 Å². The van der Waals surface area contributed by atoms with Gasteiger partial charge in [0.05, 0.1) is 17.3 Å². The van der Waals surface area contributed by atoms with Crippen molar-refractivity contribution in [3.05, 3.63) is 27.5 Å². The van der Waals surface area contributed by atoms with Crippen molar-refractivity contribution < 1.29 is 4.74 Å². The Morgan fingerprint density at radius 1 is 1.21 bits per heavy atom. The zero-order valence-corrected chi connectivity index (χ0v) is 13.0. The van der Waals surface area contributed by atoms with E-state index in [0.29, 0.717) is 22.6 Å². The average molecular weight is 344 g/mol. The van der Waals surface area contributed by atoms with Gasteiger partial charge in [0.25, 0.3) is 0 Å². The van der Waals surface area contributed by atoms with Crippen LogP contribution in [0.15, 0.2) is 16.6 Å². The normalized spacial score (nSPS) is 10.8. The maximum absolute atomic E-state index is 6.10. The predicted octanol–water partition coefficient (Wildman–Crippen LogP) is 3.48. The van der Waals surface area contributed by atoms with Crippen molar-refractivity contribution in [2.75, 3.05) is 7.11 Å². The Kier molecular flexibility index (Phi) is 4.31. The van der Waals surface area contributed by atoms with Gasteiger partial charge in [-0.05, 0) is 27.9 Å². The molecule has 0 fully saturated rings. The first kappa shape index (κ1) is 14.1. The fraction of sp³-hybridized carbons (Fsp3) is 0.333. The van der Waals surface area contributed by atoms with Crippen LogP contribution in [0.5, 0.6) is 5.88 Å². The zero-order valence-electron chi connectivity index (χ0n) is 10.7. The number of halogens is 2. The second-order valence-electron chi connectivity index (χ2n) is 4.15. The van der Waals surface area contributed by atoms with Crippen molar-refractivity contribution in [1.29, 1.82) is 0 Å². The third-order valence-electron chi connectivity index (χ3n) is 2.46. The molecule has 0 N–H and O–H groups in total. The van der Waals surface area contributed by atoms with Crippen molar-refractivity contribution in [3.8, 4) is 17.4 Å². The van der Waals surface area contributed by atoms with Crippen molar-refractivity contribution in [2.45, 2.75) is 19.8 Å². The van der Waals surface area contributed by atoms with Crippen LogP contribution < -0.4 is 4.74 Å². The molecule has 0 atom stereocenters. The molecule has 0 amide bonds. The van der Waals surface area contributed by atoms with Crippen molar-refractivity contribution in [3.63, 3.8) is 0 Å². The van der Waals surface area contributed by atoms with E-state index in [1.807, 2.05) is 13.8 Å². The highest BCUT2D eigenvalue weighted by Crippen LogP contribution is 2.30. The highest BCUT2D eigenvalue weighted by Gasteiger charge is 2.15. The zero-order chi connectivity index (χ0) is 14.0. The molecule has 19 heavy (non-hydrogen) atoms. The first-order chi connectivity index (χ1) is 9.02. The third kappa shape index (κ3) is 3.01. The first-order valence-electron chi connectivity index (χ1n) is 5.64. The van der Waals surface area contributed by atoms with Gasteiger partial charge in [-0.1, -0.05) is 25.4 Å². The summed E-state index contributed by atoms with van der Waals surface area (Å²) in [5, 5.41) is 8.28. The van der Waals surface area contributed by atoms with Crippen LogP contribution in [0.25, 0.3) is 11.5 Å². The Morgan fingerprint density at radius 3 is 2.47 bits per heavy atom. The number of rotatable bonds is 3. The SMILES string of the molecule is COc1ccc(-c2nc(Cl)c(Br)c(C(C)C)n2)nn1. The van der Waals surface area contributed by atoms with E-state index < -0.39 is 0 Å². The summed E-state index contributed by atoms with van der Waals surface area (Å²) < 4.78 is 5.68. The largest absolute Gasteiger partial charge is 0.480 e. The minimum absolute atomic E-state index is 0.222. The smallest absolute Gasteiger partial charge is 0.233 e. The maximum Gasteiger partial charge on any atom is 0.233 e. The summed E-state index contributed by atoms with van der Waals surface area (Å²) in [6.07, 6.45) is 0. The lowest BCUT2D eigenvalue weighted by atomic mass is 10.1. The second-order valence-corrected chi connectivity index (χ2v) is 5.30. The van der Waals surface area contributed by atoms with Gasteiger partial charge in [0, 0.05) is 6.07 Å². The van der Waals surface area contributed by atoms with E-state index in [1.54, 1.807) is 12.1 Å². The molecule has 2 rings (SSSR count). The van der Waals surface area contributed by atoms with Crippen molar-refractivity contribution in [1.82, 2.24) is 20.2 Å². The van der Waals surface area contributed by atoms with E-state index in [-0.39, 0.29) is 5.92 Å². The summed E-state index contributed by atoms with van der Waals surface area (Å²) in [6.45, 7) is 4.07. The monoisotopic (exact) mass is 342 g/mol. The summed E-state index contributed by atoms with van der Waals surface area (Å²) in [5.41, 5.74) is 1.39. The van der Waals surface area contributed by atoms with Gasteiger partial charge < -0.3 is 4.74 Å². The second kappa shape index (κ2) is 5.79. The van der Waals surface area contributed by atoms with Crippen molar-refractivity contribution >= 4 is 27.5 Å². The molecule has 0 aliphatic carbocycles. The summed E-state index contributed by atoms with van der Waals surface area (Å²) >= 11 is 9.50. The first-order valence-corrected chi connectivity index (χ1v) is 6.81. The molecule has 0 bridgehead atoms. The highest BCUT2D eigenvalue weighted by molar-refractivity contribution is 9.10. The molecular weight excluding hydrogens is 332 g/mol. The Labute approximate surface area is 124 Å². The van der Waals surface area contributed by atoms with Crippen LogP contribution in [-0.2, 0) is 0 Å². The molecule has 2 aromatic heterocycles. The lowest BCUT2D eigenvalue weighted by Crippen LogP contribution is -2.02. The summed E-state index contributed by atoms with van der Waals surface area (Å²) in [5.74, 6) is 1.11. The molecule has 7 heteroatoms. The summed E-state index contributed by atoms with van der Waals surface area (Å²) in [6, 6.07) is 3.45. The summed E-state index contributed by atoms with van der Waals surface area (Å²) in [7, 11) is 1.54. The standard InChI is InChI=1S/C12H12BrClN4O/c1-6(2)10-9(13)11(14)16-12(15-10)7-4-5-8(19-3)18-17-7/h4-6H,1-3H3. The number of nitrogens with zero attached hydrogens (tertiary/aromatic N) is 4. The molecule has 2 heterocycles. The molecular formula is C12H12BrClN4O. The van der Waals surface area contributed by atoms with Gasteiger partial charge in [0.2, 0.25) is 5.88 Å². The molecule has 0 saturated heterocycles. The fourth-order valence-corrected chi connectivity index (χ4v) is 2.29. The minimum atomic E-state index is 0.222. The van der Waals surface area contributed by atoms with Gasteiger partial charge >= 0.3 is 0 Å². The molecule has 2 aromatic rings. The third-order valence-corrected chi connectivity index (χ3v) is 3.75. The Bertz CT molecular complexity index is 589. The van der Waals surface area contributed by atoms with Crippen LogP contribution in [0.4, 0.5) is 0 Å². The van der Waals surface area contributed by atoms with E-state index in [2.05, 4.69) is 36.1 Å². The van der Waals surface area contributed by atoms with Crippen molar-refractivity contribution in [2.24, 2.45) is 0 Å². The molecule has 0 radical (unpaired) electrons. The van der Waals surface area contributed by atoms with Crippen LogP contribution in [0.3, 0.4) is 0 Å². The van der Waals surface area contributed by atoms with Gasteiger partial charge in [-0.3, -0.25) is 0 Å². The number of aromatic nitrogens is 4. The summed E-state index contributed by atoms with van der Waals surface area (Å²) in [4.78, 5) is 8.68. The molecule has 0 aliphatic rings. The topological polar surface area (TPSA) is 60.8 Å². The quantitative estimate of drug-likeness (QED) is 0.798. The number of ether oxygens (including phenoxy) is 1. The molecule has 0 unspecified atom stereocenters. The maximum atomic E-state index is 6.10. The molecule has 0 saturated carbocycles. The number of methoxy groups -OCH3 is 1. The van der Waals surface area contributed by atoms with Gasteiger partial charge in [-0.2, -0.15) is 0 Å². The van der Waals surface area contributed by atoms with Crippen LogP contribution in [0, 0.1) is 0 Å².